The van der Waals surface area contributed by atoms with Crippen molar-refractivity contribution in [2.75, 3.05) is 14.2 Å². The topological polar surface area (TPSA) is 82.0 Å². The van der Waals surface area contributed by atoms with Crippen molar-refractivity contribution in [2.45, 2.75) is 6.54 Å². The lowest BCUT2D eigenvalue weighted by atomic mass is 10.1. The van der Waals surface area contributed by atoms with E-state index in [1.165, 1.54) is 0 Å². The Hall–Kier alpha value is -3.61. The summed E-state index contributed by atoms with van der Waals surface area (Å²) in [4.78, 5) is 22.9. The Balaban J connectivity index is 1.94. The first-order valence-corrected chi connectivity index (χ1v) is 8.41. The number of rotatable bonds is 5. The van der Waals surface area contributed by atoms with Gasteiger partial charge < -0.3 is 14.0 Å². The summed E-state index contributed by atoms with van der Waals surface area (Å²) >= 11 is 0. The fourth-order valence-electron chi connectivity index (χ4n) is 3.03. The van der Waals surface area contributed by atoms with Crippen molar-refractivity contribution < 1.29 is 9.47 Å². The molecule has 0 fully saturated rings. The van der Waals surface area contributed by atoms with E-state index in [2.05, 4.69) is 15.0 Å². The fraction of sp³-hybridized carbons (Fsp3) is 0.150. The van der Waals surface area contributed by atoms with Crippen molar-refractivity contribution in [2.24, 2.45) is 0 Å². The predicted molar refractivity (Wildman–Crippen MR) is 101 cm³/mol. The summed E-state index contributed by atoms with van der Waals surface area (Å²) in [5.41, 5.74) is 2.32. The molecule has 7 heteroatoms. The first kappa shape index (κ1) is 16.8. The highest BCUT2D eigenvalue weighted by Gasteiger charge is 2.19. The van der Waals surface area contributed by atoms with Crippen molar-refractivity contribution in [3.8, 4) is 34.4 Å². The molecule has 2 aliphatic heterocycles. The minimum absolute atomic E-state index is 0.417. The maximum Gasteiger partial charge on any atom is 0.348 e. The summed E-state index contributed by atoms with van der Waals surface area (Å²) in [5, 5.41) is 0. The van der Waals surface area contributed by atoms with Crippen LogP contribution in [0.15, 0.2) is 59.5 Å². The van der Waals surface area contributed by atoms with Crippen LogP contribution in [-0.2, 0) is 6.54 Å². The minimum atomic E-state index is -0.417. The monoisotopic (exact) mass is 362 g/mol. The molecule has 2 aromatic rings. The second-order valence-electron chi connectivity index (χ2n) is 6.03. The molecule has 27 heavy (non-hydrogen) atoms. The molecule has 0 spiro atoms. The van der Waals surface area contributed by atoms with Gasteiger partial charge in [0.25, 0.3) is 0 Å². The predicted octanol–water partition coefficient (Wildman–Crippen LogP) is 2.80. The normalized spacial score (nSPS) is 10.9. The van der Waals surface area contributed by atoms with Gasteiger partial charge in [0.05, 0.1) is 26.1 Å². The number of benzene rings is 2. The average molecular weight is 362 g/mol. The van der Waals surface area contributed by atoms with E-state index in [0.29, 0.717) is 29.7 Å². The van der Waals surface area contributed by atoms with Crippen LogP contribution in [0.4, 0.5) is 0 Å². The Morgan fingerprint density at radius 3 is 2.41 bits per heavy atom. The molecule has 0 aliphatic carbocycles. The van der Waals surface area contributed by atoms with E-state index in [-0.39, 0.29) is 0 Å². The molecule has 0 bridgehead atoms. The van der Waals surface area contributed by atoms with Gasteiger partial charge in [-0.2, -0.15) is 4.98 Å². The number of ether oxygens (including phenoxy) is 2. The Labute approximate surface area is 155 Å². The molecule has 2 aromatic carbocycles. The molecule has 136 valence electrons. The zero-order valence-electron chi connectivity index (χ0n) is 15.0. The van der Waals surface area contributed by atoms with Gasteiger partial charge in [0, 0.05) is 18.2 Å². The zero-order chi connectivity index (χ0) is 18.8. The maximum absolute atomic E-state index is 11.8. The molecule has 0 amide bonds. The van der Waals surface area contributed by atoms with Crippen molar-refractivity contribution in [3.05, 3.63) is 70.8 Å². The van der Waals surface area contributed by atoms with Gasteiger partial charge in [0.2, 0.25) is 0 Å². The van der Waals surface area contributed by atoms with Gasteiger partial charge in [0.15, 0.2) is 11.6 Å². The van der Waals surface area contributed by atoms with Crippen LogP contribution in [0.25, 0.3) is 22.9 Å². The zero-order valence-corrected chi connectivity index (χ0v) is 15.0. The molecule has 2 aliphatic rings. The summed E-state index contributed by atoms with van der Waals surface area (Å²) in [7, 11) is 3.21. The third-order valence-corrected chi connectivity index (χ3v) is 4.34. The summed E-state index contributed by atoms with van der Waals surface area (Å²) < 4.78 is 12.7. The molecule has 7 nitrogen and oxygen atoms in total. The molecule has 0 saturated carbocycles. The van der Waals surface area contributed by atoms with Crippen LogP contribution in [-0.4, -0.2) is 33.7 Å². The second kappa shape index (κ2) is 6.95. The number of imidazole rings is 1. The lowest BCUT2D eigenvalue weighted by molar-refractivity contribution is 0.394. The van der Waals surface area contributed by atoms with E-state index in [1.54, 1.807) is 26.5 Å². The molecular formula is C20H18N4O3. The maximum atomic E-state index is 11.8. The Morgan fingerprint density at radius 2 is 1.74 bits per heavy atom. The van der Waals surface area contributed by atoms with Crippen molar-refractivity contribution in [3.63, 3.8) is 0 Å². The van der Waals surface area contributed by atoms with Crippen molar-refractivity contribution in [1.82, 2.24) is 19.5 Å². The first-order valence-electron chi connectivity index (χ1n) is 8.41. The van der Waals surface area contributed by atoms with Crippen molar-refractivity contribution in [1.29, 1.82) is 0 Å². The number of hydrogen-bond acceptors (Lipinski definition) is 5. The highest BCUT2D eigenvalue weighted by Crippen LogP contribution is 2.31. The quantitative estimate of drug-likeness (QED) is 0.590. The van der Waals surface area contributed by atoms with Gasteiger partial charge in [-0.15, -0.1) is 0 Å². The van der Waals surface area contributed by atoms with E-state index in [0.717, 1.165) is 16.8 Å². The Bertz CT molecular complexity index is 1080. The van der Waals surface area contributed by atoms with E-state index >= 15 is 0 Å². The number of methoxy groups -OCH3 is 2. The van der Waals surface area contributed by atoms with Gasteiger partial charge in [-0.3, -0.25) is 4.98 Å². The smallest absolute Gasteiger partial charge is 0.348 e. The molecule has 2 heterocycles. The number of nitrogens with zero attached hydrogens (tertiary/aromatic N) is 3. The summed E-state index contributed by atoms with van der Waals surface area (Å²) in [5.74, 6) is 2.29. The number of aromatic nitrogens is 4. The third kappa shape index (κ3) is 3.27. The fourth-order valence-corrected chi connectivity index (χ4v) is 3.03. The van der Waals surface area contributed by atoms with Crippen LogP contribution in [0.1, 0.15) is 5.56 Å². The van der Waals surface area contributed by atoms with Crippen LogP contribution in [0.5, 0.6) is 11.5 Å². The highest BCUT2D eigenvalue weighted by atomic mass is 16.5. The lowest BCUT2D eigenvalue weighted by Gasteiger charge is -2.18. The Morgan fingerprint density at radius 1 is 1.04 bits per heavy atom. The first-order chi connectivity index (χ1) is 13.2. The highest BCUT2D eigenvalue weighted by molar-refractivity contribution is 5.67. The average Bonchev–Trinajstić information content (AvgIpc) is 3.09. The summed E-state index contributed by atoms with van der Waals surface area (Å²) in [6, 6.07) is 15.6. The number of aromatic amines is 1. The van der Waals surface area contributed by atoms with Crippen LogP contribution in [0, 0.1) is 0 Å². The number of fused-ring (bicyclic) bond motifs is 1. The molecule has 0 atom stereocenters. The van der Waals surface area contributed by atoms with Gasteiger partial charge in [-0.25, -0.2) is 9.78 Å². The lowest BCUT2D eigenvalue weighted by Crippen LogP contribution is -2.11. The molecule has 4 rings (SSSR count). The van der Waals surface area contributed by atoms with Crippen LogP contribution < -0.4 is 15.2 Å². The number of hydrogen-bond donors (Lipinski definition) is 1. The molecule has 0 radical (unpaired) electrons. The standard InChI is InChI=1S/C20H18N4O3/c1-26-15-8-14(9-16(10-15)27-2)17-11-21-18-19(23-20(25)22-18)24(17)12-13-6-4-3-5-7-13/h3-11H,12H2,1-2H3,(H,21,22,25). The molecule has 0 saturated heterocycles. The molecule has 0 aromatic heterocycles. The van der Waals surface area contributed by atoms with E-state index in [9.17, 15) is 4.79 Å². The van der Waals surface area contributed by atoms with Gasteiger partial charge >= 0.3 is 5.69 Å². The van der Waals surface area contributed by atoms with E-state index < -0.39 is 5.69 Å². The van der Waals surface area contributed by atoms with E-state index in [4.69, 9.17) is 9.47 Å². The van der Waals surface area contributed by atoms with Gasteiger partial charge in [-0.05, 0) is 17.7 Å². The molecular weight excluding hydrogens is 344 g/mol. The number of nitrogens with one attached hydrogen (secondary N) is 1. The second-order valence-corrected chi connectivity index (χ2v) is 6.03. The third-order valence-electron chi connectivity index (χ3n) is 4.34. The Kier molecular flexibility index (Phi) is 4.33. The summed E-state index contributed by atoms with van der Waals surface area (Å²) in [6.07, 6.45) is 1.72. The molecule has 1 N–H and O–H groups in total. The van der Waals surface area contributed by atoms with E-state index in [1.807, 2.05) is 47.0 Å². The minimum Gasteiger partial charge on any atom is -0.497 e. The van der Waals surface area contributed by atoms with Crippen LogP contribution in [0.2, 0.25) is 0 Å². The van der Waals surface area contributed by atoms with Crippen molar-refractivity contribution >= 4 is 0 Å². The largest absolute Gasteiger partial charge is 0.497 e. The van der Waals surface area contributed by atoms with Gasteiger partial charge in [0.1, 0.15) is 11.5 Å². The van der Waals surface area contributed by atoms with Crippen LogP contribution >= 0.6 is 0 Å². The summed E-state index contributed by atoms with van der Waals surface area (Å²) in [6.45, 7) is 0.541. The van der Waals surface area contributed by atoms with Crippen LogP contribution in [0.3, 0.4) is 0 Å². The van der Waals surface area contributed by atoms with Gasteiger partial charge in [-0.1, -0.05) is 30.3 Å². The molecule has 0 unspecified atom stereocenters. The SMILES string of the molecule is COc1cc(OC)cc(-c2cnc3[nH]c(=O)nc-3n2Cc2ccccc2)c1. The number of H-pyrrole nitrogens is 1.